The van der Waals surface area contributed by atoms with Gasteiger partial charge in [0, 0.05) is 34.1 Å². The number of fused-ring (bicyclic) bond motifs is 4. The van der Waals surface area contributed by atoms with E-state index in [-0.39, 0.29) is 10.8 Å². The van der Waals surface area contributed by atoms with Gasteiger partial charge in [-0.25, -0.2) is 0 Å². The summed E-state index contributed by atoms with van der Waals surface area (Å²) in [5, 5.41) is 9.81. The molecule has 2 nitrogen and oxygen atoms in total. The molecule has 0 amide bonds. The van der Waals surface area contributed by atoms with Gasteiger partial charge in [-0.1, -0.05) is 199 Å². The van der Waals surface area contributed by atoms with Crippen molar-refractivity contribution in [2.45, 2.75) is 59.8 Å². The van der Waals surface area contributed by atoms with E-state index in [9.17, 15) is 0 Å². The van der Waals surface area contributed by atoms with E-state index in [0.29, 0.717) is 0 Å². The lowest BCUT2D eigenvalue weighted by Gasteiger charge is -2.33. The summed E-state index contributed by atoms with van der Waals surface area (Å²) in [5.74, 6) is 0. The number of allylic oxidation sites excluding steroid dienone is 4. The number of nitrogens with zero attached hydrogens (tertiary/aromatic N) is 2. The predicted octanol–water partition coefficient (Wildman–Crippen LogP) is 19.2. The predicted molar refractivity (Wildman–Crippen MR) is 294 cm³/mol. The monoisotopic (exact) mass is 878 g/mol. The average molecular weight is 879 g/mol. The molecule has 0 atom stereocenters. The van der Waals surface area contributed by atoms with E-state index in [1.54, 1.807) is 0 Å². The molecule has 0 N–H and O–H groups in total. The zero-order chi connectivity index (χ0) is 46.6. The van der Waals surface area contributed by atoms with Crippen LogP contribution in [0, 0.1) is 5.41 Å². The third-order valence-corrected chi connectivity index (χ3v) is 14.1. The quantitative estimate of drug-likeness (QED) is 0.140. The van der Waals surface area contributed by atoms with Gasteiger partial charge in [-0.05, 0) is 161 Å². The summed E-state index contributed by atoms with van der Waals surface area (Å²) in [6.45, 7) is 13.8. The SMILES string of the molecule is CC(C)(C)C1=CC=C(N(c2ccccc2)c2ccc3c(-c4cccc5ccccc45)c4cc(N(c5ccccc5)c5ccc(C(C)(C)C)cc5)ccc4c(-c4cccc5ccccc45)c3c2)CC1. The molecule has 1 aliphatic rings. The summed E-state index contributed by atoms with van der Waals surface area (Å²) < 4.78 is 0. The Balaban J connectivity index is 1.25. The highest BCUT2D eigenvalue weighted by Gasteiger charge is 2.26. The first-order valence-corrected chi connectivity index (χ1v) is 24.2. The molecule has 332 valence electrons. The number of hydrogen-bond acceptors (Lipinski definition) is 2. The topological polar surface area (TPSA) is 6.48 Å². The second-order valence-electron chi connectivity index (χ2n) is 20.5. The Morgan fingerprint density at radius 1 is 0.324 bits per heavy atom. The fraction of sp³-hybridized carbons (Fsp3) is 0.152. The van der Waals surface area contributed by atoms with Gasteiger partial charge in [0.05, 0.1) is 0 Å². The normalized spacial score (nSPS) is 13.2. The highest BCUT2D eigenvalue weighted by Crippen LogP contribution is 2.50. The minimum absolute atomic E-state index is 0.0453. The van der Waals surface area contributed by atoms with E-state index in [1.807, 2.05) is 0 Å². The van der Waals surface area contributed by atoms with Crippen LogP contribution in [0.15, 0.2) is 230 Å². The smallest absolute Gasteiger partial charge is 0.0468 e. The lowest BCUT2D eigenvalue weighted by molar-refractivity contribution is 0.479. The molecule has 0 unspecified atom stereocenters. The number of para-hydroxylation sites is 2. The van der Waals surface area contributed by atoms with Crippen molar-refractivity contribution in [1.82, 2.24) is 0 Å². The fourth-order valence-corrected chi connectivity index (χ4v) is 10.6. The summed E-state index contributed by atoms with van der Waals surface area (Å²) in [6, 6.07) is 76.7. The minimum Gasteiger partial charge on any atom is -0.314 e. The van der Waals surface area contributed by atoms with Crippen molar-refractivity contribution < 1.29 is 0 Å². The van der Waals surface area contributed by atoms with E-state index in [2.05, 4.69) is 270 Å². The second-order valence-corrected chi connectivity index (χ2v) is 20.5. The summed E-state index contributed by atoms with van der Waals surface area (Å²) >= 11 is 0. The van der Waals surface area contributed by atoms with Gasteiger partial charge in [0.25, 0.3) is 0 Å². The largest absolute Gasteiger partial charge is 0.314 e. The van der Waals surface area contributed by atoms with Crippen molar-refractivity contribution in [1.29, 1.82) is 0 Å². The van der Waals surface area contributed by atoms with Crippen molar-refractivity contribution in [3.05, 3.63) is 235 Å². The van der Waals surface area contributed by atoms with Crippen LogP contribution in [0.4, 0.5) is 28.4 Å². The standard InChI is InChI=1S/C66H58N2/c1-65(2,3)47-31-35-51(36-32-47)67(49-23-9-7-10-24-49)53-39-41-59-61(43-53)63(57-29-17-21-45-19-13-15-27-55(45)57)60-42-40-54(44-62(60)64(59)58-30-18-22-46-20-14-16-28-56(46)58)68(50-25-11-8-12-26-50)52-37-33-48(34-38-52)66(4,5)6/h7-33,35-37,39-44H,34,38H2,1-6H3. The van der Waals surface area contributed by atoms with Crippen LogP contribution < -0.4 is 9.80 Å². The highest BCUT2D eigenvalue weighted by atomic mass is 15.2. The molecule has 11 rings (SSSR count). The van der Waals surface area contributed by atoms with Crippen LogP contribution in [0.25, 0.3) is 65.3 Å². The first kappa shape index (κ1) is 42.9. The zero-order valence-electron chi connectivity index (χ0n) is 40.1. The number of hydrogen-bond donors (Lipinski definition) is 0. The van der Waals surface area contributed by atoms with Crippen LogP contribution in [-0.4, -0.2) is 0 Å². The second kappa shape index (κ2) is 17.2. The molecule has 0 aromatic heterocycles. The molecule has 0 aliphatic heterocycles. The van der Waals surface area contributed by atoms with Crippen molar-refractivity contribution in [2.24, 2.45) is 5.41 Å². The molecule has 10 aromatic carbocycles. The van der Waals surface area contributed by atoms with E-state index >= 15 is 0 Å². The van der Waals surface area contributed by atoms with Crippen molar-refractivity contribution in [2.75, 3.05) is 9.80 Å². The van der Waals surface area contributed by atoms with Gasteiger partial charge >= 0.3 is 0 Å². The number of rotatable bonds is 8. The number of anilines is 5. The molecule has 0 heterocycles. The van der Waals surface area contributed by atoms with Gasteiger partial charge < -0.3 is 9.80 Å². The molecule has 10 aromatic rings. The molecule has 0 saturated carbocycles. The van der Waals surface area contributed by atoms with Crippen molar-refractivity contribution >= 4 is 71.5 Å². The van der Waals surface area contributed by atoms with Gasteiger partial charge in [-0.3, -0.25) is 0 Å². The maximum absolute atomic E-state index is 2.50. The molecular weight excluding hydrogens is 821 g/mol. The van der Waals surface area contributed by atoms with Crippen LogP contribution >= 0.6 is 0 Å². The zero-order valence-corrected chi connectivity index (χ0v) is 40.1. The summed E-state index contributed by atoms with van der Waals surface area (Å²) in [6.07, 6.45) is 6.74. The van der Waals surface area contributed by atoms with Crippen LogP contribution in [-0.2, 0) is 5.41 Å². The molecule has 0 radical (unpaired) electrons. The molecule has 0 bridgehead atoms. The number of benzene rings is 10. The van der Waals surface area contributed by atoms with Gasteiger partial charge in [0.2, 0.25) is 0 Å². The Kier molecular flexibility index (Phi) is 10.9. The molecular formula is C66H58N2. The molecule has 1 aliphatic carbocycles. The van der Waals surface area contributed by atoms with Gasteiger partial charge in [0.1, 0.15) is 0 Å². The van der Waals surface area contributed by atoms with Crippen LogP contribution in [0.1, 0.15) is 59.9 Å². The summed E-state index contributed by atoms with van der Waals surface area (Å²) in [7, 11) is 0. The third-order valence-electron chi connectivity index (χ3n) is 14.1. The van der Waals surface area contributed by atoms with E-state index in [1.165, 1.54) is 82.2 Å². The molecule has 0 spiro atoms. The average Bonchev–Trinajstić information content (AvgIpc) is 3.36. The Hall–Kier alpha value is -7.68. The molecule has 0 fully saturated rings. The van der Waals surface area contributed by atoms with Gasteiger partial charge in [0.15, 0.2) is 0 Å². The Morgan fingerprint density at radius 2 is 0.765 bits per heavy atom. The third kappa shape index (κ3) is 7.84. The maximum atomic E-state index is 2.50. The summed E-state index contributed by atoms with van der Waals surface area (Å²) in [4.78, 5) is 4.91. The minimum atomic E-state index is 0.0453. The Morgan fingerprint density at radius 3 is 1.25 bits per heavy atom. The molecule has 2 heteroatoms. The highest BCUT2D eigenvalue weighted by molar-refractivity contribution is 6.26. The van der Waals surface area contributed by atoms with Gasteiger partial charge in [-0.15, -0.1) is 0 Å². The molecule has 0 saturated heterocycles. The van der Waals surface area contributed by atoms with E-state index in [0.717, 1.165) is 41.3 Å². The first-order valence-electron chi connectivity index (χ1n) is 24.2. The van der Waals surface area contributed by atoms with Crippen LogP contribution in [0.3, 0.4) is 0 Å². The van der Waals surface area contributed by atoms with Crippen LogP contribution in [0.5, 0.6) is 0 Å². The van der Waals surface area contributed by atoms with Gasteiger partial charge in [-0.2, -0.15) is 0 Å². The van der Waals surface area contributed by atoms with Crippen molar-refractivity contribution in [3.8, 4) is 22.3 Å². The summed E-state index contributed by atoms with van der Waals surface area (Å²) in [5.41, 5.74) is 14.9. The van der Waals surface area contributed by atoms with Crippen molar-refractivity contribution in [3.63, 3.8) is 0 Å². The van der Waals surface area contributed by atoms with E-state index in [4.69, 9.17) is 0 Å². The van der Waals surface area contributed by atoms with Crippen LogP contribution in [0.2, 0.25) is 0 Å². The lowest BCUT2D eigenvalue weighted by Crippen LogP contribution is -2.20. The first-order chi connectivity index (χ1) is 33.0. The maximum Gasteiger partial charge on any atom is 0.0468 e. The fourth-order valence-electron chi connectivity index (χ4n) is 10.6. The Labute approximate surface area is 402 Å². The molecule has 68 heavy (non-hydrogen) atoms. The van der Waals surface area contributed by atoms with E-state index < -0.39 is 0 Å². The lowest BCUT2D eigenvalue weighted by atomic mass is 9.81. The Bertz CT molecular complexity index is 3550.